The van der Waals surface area contributed by atoms with Crippen molar-refractivity contribution >= 4 is 0 Å². The molecule has 3 saturated heterocycles. The quantitative estimate of drug-likeness (QED) is 0.0877. The van der Waals surface area contributed by atoms with Gasteiger partial charge in [-0.1, -0.05) is 0 Å². The molecule has 18 atom stereocenters. The normalized spacial score (nSPS) is 48.4. The number of rotatable bonds is 13. The highest BCUT2D eigenvalue weighted by atomic mass is 16.8. The molecular weight excluding hydrogens is 602 g/mol. The first kappa shape index (κ1) is 37.1. The standard InChI is InChI=1S/C27H53N5O13/c28-6-12-3-4-13(30)25(40-12)43-22-14(31)5-10(1-2-11(35)8-33)18(36)24(22)45-27-21(39)23(16(9-34)42-27)44-26-17(32)20(38)19(37)15(7-29)41-26/h10-27,33-39H,1-9,28-32H2/t10-,11?,12+,13-,14+,15+,16-,17-,18+,19-,20-,21-,22-,23-,24-,25-,26-,27+/m1/s1. The maximum atomic E-state index is 11.5. The minimum Gasteiger partial charge on any atom is -0.394 e. The van der Waals surface area contributed by atoms with E-state index in [9.17, 15) is 35.7 Å². The van der Waals surface area contributed by atoms with Crippen LogP contribution in [-0.4, -0.2) is 166 Å². The van der Waals surface area contributed by atoms with Gasteiger partial charge in [0.15, 0.2) is 18.9 Å². The smallest absolute Gasteiger partial charge is 0.187 e. The molecule has 1 saturated carbocycles. The Morgan fingerprint density at radius 1 is 0.689 bits per heavy atom. The number of aliphatic hydroxyl groups excluding tert-OH is 7. The first-order chi connectivity index (χ1) is 21.4. The van der Waals surface area contributed by atoms with Gasteiger partial charge in [-0.2, -0.15) is 0 Å². The van der Waals surface area contributed by atoms with Crippen molar-refractivity contribution < 1.29 is 64.2 Å². The van der Waals surface area contributed by atoms with Crippen LogP contribution in [0.1, 0.15) is 32.1 Å². The number of hydrogen-bond donors (Lipinski definition) is 12. The third kappa shape index (κ3) is 8.48. The number of hydrogen-bond acceptors (Lipinski definition) is 18. The van der Waals surface area contributed by atoms with Crippen molar-refractivity contribution in [2.75, 3.05) is 26.3 Å². The van der Waals surface area contributed by atoms with Crippen LogP contribution in [0.4, 0.5) is 0 Å². The molecule has 1 aliphatic carbocycles. The van der Waals surface area contributed by atoms with E-state index in [2.05, 4.69) is 0 Å². The Kier molecular flexibility index (Phi) is 13.7. The third-order valence-electron chi connectivity index (χ3n) is 9.31. The molecule has 18 heteroatoms. The van der Waals surface area contributed by atoms with Gasteiger partial charge in [0.1, 0.15) is 48.8 Å². The monoisotopic (exact) mass is 655 g/mol. The van der Waals surface area contributed by atoms with E-state index >= 15 is 0 Å². The molecule has 17 N–H and O–H groups in total. The average Bonchev–Trinajstić information content (AvgIpc) is 3.33. The van der Waals surface area contributed by atoms with E-state index in [1.807, 2.05) is 0 Å². The predicted molar refractivity (Wildman–Crippen MR) is 153 cm³/mol. The zero-order valence-electron chi connectivity index (χ0n) is 25.2. The summed E-state index contributed by atoms with van der Waals surface area (Å²) >= 11 is 0. The molecule has 0 amide bonds. The van der Waals surface area contributed by atoms with E-state index in [-0.39, 0.29) is 32.0 Å². The Balaban J connectivity index is 1.52. The van der Waals surface area contributed by atoms with E-state index in [0.717, 1.165) is 0 Å². The lowest BCUT2D eigenvalue weighted by molar-refractivity contribution is -0.292. The molecule has 0 aromatic carbocycles. The summed E-state index contributed by atoms with van der Waals surface area (Å²) in [6, 6.07) is -2.44. The third-order valence-corrected chi connectivity index (χ3v) is 9.31. The highest BCUT2D eigenvalue weighted by Gasteiger charge is 2.54. The van der Waals surface area contributed by atoms with Crippen molar-refractivity contribution in [3.8, 4) is 0 Å². The van der Waals surface area contributed by atoms with E-state index in [4.69, 9.17) is 57.1 Å². The first-order valence-electron chi connectivity index (χ1n) is 15.7. The van der Waals surface area contributed by atoms with Crippen LogP contribution in [0, 0.1) is 5.92 Å². The van der Waals surface area contributed by atoms with Crippen molar-refractivity contribution in [1.82, 2.24) is 0 Å². The minimum absolute atomic E-state index is 0.151. The SMILES string of the molecule is NC[C@@H]1CC[C@@H](N)[C@@H](O[C@H]2[C@H](O[C@@H]3O[C@H](CO)[C@@H](O[C@H]4O[C@@H](CN)[C@@H](O)[C@H](O)[C@H]4N)[C@H]3O)[C@@H](O)[C@H](CCC(O)CO)C[C@@H]2N)O1. The predicted octanol–water partition coefficient (Wildman–Crippen LogP) is -6.41. The largest absolute Gasteiger partial charge is 0.394 e. The van der Waals surface area contributed by atoms with Crippen molar-refractivity contribution in [2.45, 2.75) is 136 Å². The molecule has 3 heterocycles. The van der Waals surface area contributed by atoms with Crippen molar-refractivity contribution in [1.29, 1.82) is 0 Å². The van der Waals surface area contributed by atoms with Crippen LogP contribution in [0.3, 0.4) is 0 Å². The molecule has 4 fully saturated rings. The topological polar surface area (TPSA) is 327 Å². The fourth-order valence-corrected chi connectivity index (χ4v) is 6.50. The number of nitrogens with two attached hydrogens (primary N) is 5. The van der Waals surface area contributed by atoms with Crippen LogP contribution in [0.2, 0.25) is 0 Å². The lowest BCUT2D eigenvalue weighted by Crippen LogP contribution is -2.64. The second kappa shape index (κ2) is 16.6. The zero-order chi connectivity index (χ0) is 33.0. The van der Waals surface area contributed by atoms with Gasteiger partial charge < -0.3 is 92.8 Å². The first-order valence-corrected chi connectivity index (χ1v) is 15.7. The summed E-state index contributed by atoms with van der Waals surface area (Å²) < 4.78 is 35.7. The van der Waals surface area contributed by atoms with Crippen LogP contribution in [-0.2, 0) is 28.4 Å². The van der Waals surface area contributed by atoms with Crippen molar-refractivity contribution in [2.24, 2.45) is 34.6 Å². The van der Waals surface area contributed by atoms with Gasteiger partial charge in [0.05, 0.1) is 43.6 Å². The molecule has 45 heavy (non-hydrogen) atoms. The van der Waals surface area contributed by atoms with Crippen molar-refractivity contribution in [3.05, 3.63) is 0 Å². The molecule has 0 aromatic heterocycles. The Labute approximate surface area is 261 Å². The lowest BCUT2D eigenvalue weighted by atomic mass is 9.77. The van der Waals surface area contributed by atoms with Gasteiger partial charge >= 0.3 is 0 Å². The maximum Gasteiger partial charge on any atom is 0.187 e. The van der Waals surface area contributed by atoms with Crippen molar-refractivity contribution in [3.63, 3.8) is 0 Å². The highest BCUT2D eigenvalue weighted by Crippen LogP contribution is 2.37. The Hall–Kier alpha value is -0.720. The van der Waals surface area contributed by atoms with Crippen LogP contribution < -0.4 is 28.7 Å². The van der Waals surface area contributed by atoms with E-state index < -0.39 is 117 Å². The van der Waals surface area contributed by atoms with E-state index in [0.29, 0.717) is 19.3 Å². The Morgan fingerprint density at radius 2 is 1.36 bits per heavy atom. The van der Waals surface area contributed by atoms with Crippen LogP contribution in [0.15, 0.2) is 0 Å². The van der Waals surface area contributed by atoms with Gasteiger partial charge in [0, 0.05) is 19.1 Å². The molecule has 0 spiro atoms. The Bertz CT molecular complexity index is 900. The van der Waals surface area contributed by atoms with Crippen LogP contribution >= 0.6 is 0 Å². The van der Waals surface area contributed by atoms with Crippen LogP contribution in [0.25, 0.3) is 0 Å². The molecule has 3 aliphatic heterocycles. The number of ether oxygens (including phenoxy) is 6. The number of aliphatic hydroxyl groups is 7. The summed E-state index contributed by atoms with van der Waals surface area (Å²) in [6.07, 6.45) is -14.2. The van der Waals surface area contributed by atoms with Gasteiger partial charge in [0.25, 0.3) is 0 Å². The van der Waals surface area contributed by atoms with Gasteiger partial charge in [-0.3, -0.25) is 0 Å². The van der Waals surface area contributed by atoms with E-state index in [1.54, 1.807) is 0 Å². The van der Waals surface area contributed by atoms with Gasteiger partial charge in [-0.15, -0.1) is 0 Å². The average molecular weight is 656 g/mol. The van der Waals surface area contributed by atoms with Crippen LogP contribution in [0.5, 0.6) is 0 Å². The van der Waals surface area contributed by atoms with Gasteiger partial charge in [-0.25, -0.2) is 0 Å². The zero-order valence-corrected chi connectivity index (χ0v) is 25.2. The summed E-state index contributed by atoms with van der Waals surface area (Å²) in [5, 5.41) is 72.6. The molecule has 0 aromatic rings. The fourth-order valence-electron chi connectivity index (χ4n) is 6.50. The molecule has 18 nitrogen and oxygen atoms in total. The molecule has 4 rings (SSSR count). The minimum atomic E-state index is -1.56. The summed E-state index contributed by atoms with van der Waals surface area (Å²) in [7, 11) is 0. The molecule has 0 bridgehead atoms. The maximum absolute atomic E-state index is 11.5. The second-order valence-corrected chi connectivity index (χ2v) is 12.5. The van der Waals surface area contributed by atoms with Gasteiger partial charge in [0.2, 0.25) is 0 Å². The molecule has 0 radical (unpaired) electrons. The highest BCUT2D eigenvalue weighted by molar-refractivity contribution is 5.00. The molecular formula is C27H53N5O13. The molecule has 1 unspecified atom stereocenters. The van der Waals surface area contributed by atoms with Gasteiger partial charge in [-0.05, 0) is 38.0 Å². The summed E-state index contributed by atoms with van der Waals surface area (Å²) in [4.78, 5) is 0. The summed E-state index contributed by atoms with van der Waals surface area (Å²) in [6.45, 7) is -0.956. The van der Waals surface area contributed by atoms with E-state index in [1.165, 1.54) is 0 Å². The lowest BCUT2D eigenvalue weighted by Gasteiger charge is -2.46. The fraction of sp³-hybridized carbons (Fsp3) is 1.00. The molecule has 4 aliphatic rings. The second-order valence-electron chi connectivity index (χ2n) is 12.5. The summed E-state index contributed by atoms with van der Waals surface area (Å²) in [5.41, 5.74) is 30.3. The molecule has 264 valence electrons. The Morgan fingerprint density at radius 3 is 2.00 bits per heavy atom. The summed E-state index contributed by atoms with van der Waals surface area (Å²) in [5.74, 6) is -0.488.